The zero-order chi connectivity index (χ0) is 15.5. The molecule has 1 aromatic rings. The van der Waals surface area contributed by atoms with E-state index in [9.17, 15) is 18.3 Å². The second-order valence-corrected chi connectivity index (χ2v) is 5.63. The van der Waals surface area contributed by atoms with E-state index in [1.54, 1.807) is 0 Å². The maximum Gasteiger partial charge on any atom is 0.433 e. The van der Waals surface area contributed by atoms with Crippen molar-refractivity contribution in [2.75, 3.05) is 13.2 Å². The third-order valence-corrected chi connectivity index (χ3v) is 4.13. The number of hydrogen-bond acceptors (Lipinski definition) is 3. The van der Waals surface area contributed by atoms with E-state index >= 15 is 0 Å². The van der Waals surface area contributed by atoms with Gasteiger partial charge in [0, 0.05) is 31.7 Å². The molecule has 1 heterocycles. The lowest BCUT2D eigenvalue weighted by molar-refractivity contribution is -0.144. The van der Waals surface area contributed by atoms with Gasteiger partial charge < -0.3 is 5.11 Å². The van der Waals surface area contributed by atoms with Gasteiger partial charge in [-0.2, -0.15) is 18.3 Å². The van der Waals surface area contributed by atoms with Gasteiger partial charge in [-0.25, -0.2) is 0 Å². The molecule has 0 spiro atoms. The van der Waals surface area contributed by atoms with E-state index in [2.05, 4.69) is 5.10 Å². The molecule has 0 atom stereocenters. The van der Waals surface area contributed by atoms with Gasteiger partial charge in [-0.3, -0.25) is 9.58 Å². The summed E-state index contributed by atoms with van der Waals surface area (Å²) in [5, 5.41) is 12.9. The fraction of sp³-hybridized carbons (Fsp3) is 0.786. The number of aromatic nitrogens is 2. The number of nitrogens with zero attached hydrogens (tertiary/aromatic N) is 3. The van der Waals surface area contributed by atoms with Crippen LogP contribution in [0.1, 0.15) is 43.4 Å². The molecule has 21 heavy (non-hydrogen) atoms. The van der Waals surface area contributed by atoms with Crippen molar-refractivity contribution in [3.05, 3.63) is 17.5 Å². The molecule has 0 unspecified atom stereocenters. The third kappa shape index (κ3) is 3.97. The molecule has 0 amide bonds. The van der Waals surface area contributed by atoms with Crippen LogP contribution in [-0.4, -0.2) is 39.0 Å². The molecule has 4 nitrogen and oxygen atoms in total. The first-order chi connectivity index (χ1) is 9.93. The van der Waals surface area contributed by atoms with Crippen molar-refractivity contribution < 1.29 is 18.3 Å². The minimum atomic E-state index is -4.40. The van der Waals surface area contributed by atoms with Gasteiger partial charge in [0.25, 0.3) is 0 Å². The fourth-order valence-electron chi connectivity index (χ4n) is 3.15. The molecule has 1 aromatic heterocycles. The zero-order valence-electron chi connectivity index (χ0n) is 12.2. The molecule has 0 radical (unpaired) electrons. The second-order valence-electron chi connectivity index (χ2n) is 5.63. The number of aliphatic hydroxyl groups is 1. The molecule has 0 saturated heterocycles. The van der Waals surface area contributed by atoms with Crippen molar-refractivity contribution in [2.24, 2.45) is 7.05 Å². The first kappa shape index (κ1) is 16.3. The van der Waals surface area contributed by atoms with Gasteiger partial charge in [0.1, 0.15) is 5.69 Å². The third-order valence-electron chi connectivity index (χ3n) is 4.13. The van der Waals surface area contributed by atoms with E-state index in [1.165, 1.54) is 19.7 Å². The lowest BCUT2D eigenvalue weighted by Gasteiger charge is -2.34. The maximum atomic E-state index is 13.1. The number of aliphatic hydroxyl groups excluding tert-OH is 1. The molecule has 1 N–H and O–H groups in total. The molecule has 1 aliphatic carbocycles. The highest BCUT2D eigenvalue weighted by atomic mass is 19.4. The number of hydrogen-bond donors (Lipinski definition) is 1. The van der Waals surface area contributed by atoms with E-state index in [1.807, 2.05) is 4.90 Å². The highest BCUT2D eigenvalue weighted by Crippen LogP contribution is 2.33. The van der Waals surface area contributed by atoms with Crippen molar-refractivity contribution in [2.45, 2.75) is 50.9 Å². The van der Waals surface area contributed by atoms with Gasteiger partial charge >= 0.3 is 6.18 Å². The summed E-state index contributed by atoms with van der Waals surface area (Å²) in [5.74, 6) is 0. The van der Waals surface area contributed by atoms with Gasteiger partial charge in [-0.1, -0.05) is 19.3 Å². The van der Waals surface area contributed by atoms with Crippen molar-refractivity contribution in [3.8, 4) is 0 Å². The minimum Gasteiger partial charge on any atom is -0.395 e. The molecule has 2 rings (SSSR count). The minimum absolute atomic E-state index is 0.0435. The Kier molecular flexibility index (Phi) is 5.27. The predicted molar refractivity (Wildman–Crippen MR) is 72.6 cm³/mol. The first-order valence-corrected chi connectivity index (χ1v) is 7.36. The number of aryl methyl sites for hydroxylation is 1. The van der Waals surface area contributed by atoms with Crippen LogP contribution in [0.5, 0.6) is 0 Å². The summed E-state index contributed by atoms with van der Waals surface area (Å²) in [6, 6.07) is 0.257. The molecule has 1 fully saturated rings. The molecule has 0 aromatic carbocycles. The summed E-state index contributed by atoms with van der Waals surface area (Å²) in [5.41, 5.74) is -0.509. The van der Waals surface area contributed by atoms with Crippen molar-refractivity contribution in [3.63, 3.8) is 0 Å². The number of rotatable bonds is 5. The largest absolute Gasteiger partial charge is 0.433 e. The molecule has 0 bridgehead atoms. The number of halogens is 3. The van der Waals surface area contributed by atoms with Crippen LogP contribution in [0.4, 0.5) is 13.2 Å². The van der Waals surface area contributed by atoms with Crippen LogP contribution in [-0.2, 0) is 19.8 Å². The van der Waals surface area contributed by atoms with E-state index in [0.29, 0.717) is 6.54 Å². The van der Waals surface area contributed by atoms with Gasteiger partial charge in [0.05, 0.1) is 12.8 Å². The number of alkyl halides is 3. The van der Waals surface area contributed by atoms with Crippen molar-refractivity contribution in [1.82, 2.24) is 14.7 Å². The Morgan fingerprint density at radius 1 is 1.33 bits per heavy atom. The lowest BCUT2D eigenvalue weighted by atomic mass is 9.94. The zero-order valence-corrected chi connectivity index (χ0v) is 12.2. The Morgan fingerprint density at radius 3 is 2.57 bits per heavy atom. The van der Waals surface area contributed by atoms with Gasteiger partial charge in [-0.05, 0) is 12.8 Å². The monoisotopic (exact) mass is 305 g/mol. The van der Waals surface area contributed by atoms with Crippen LogP contribution < -0.4 is 0 Å². The summed E-state index contributed by atoms with van der Waals surface area (Å²) in [7, 11) is 1.31. The summed E-state index contributed by atoms with van der Waals surface area (Å²) >= 11 is 0. The maximum absolute atomic E-state index is 13.1. The van der Waals surface area contributed by atoms with Crippen molar-refractivity contribution >= 4 is 0 Å². The fourth-order valence-corrected chi connectivity index (χ4v) is 3.15. The van der Waals surface area contributed by atoms with Crippen LogP contribution in [0, 0.1) is 0 Å². The van der Waals surface area contributed by atoms with Gasteiger partial charge in [-0.15, -0.1) is 0 Å². The molecular weight excluding hydrogens is 283 g/mol. The predicted octanol–water partition coefficient (Wildman–Crippen LogP) is 2.57. The lowest BCUT2D eigenvalue weighted by Crippen LogP contribution is -2.38. The van der Waals surface area contributed by atoms with Crippen LogP contribution >= 0.6 is 0 Å². The van der Waals surface area contributed by atoms with Crippen molar-refractivity contribution in [1.29, 1.82) is 0 Å². The SMILES string of the molecule is Cn1ncc(CN(CCO)C2CCCCC2)c1C(F)(F)F. The normalized spacial score (nSPS) is 17.6. The van der Waals surface area contributed by atoms with Crippen LogP contribution in [0.2, 0.25) is 0 Å². The summed E-state index contributed by atoms with van der Waals surface area (Å²) in [6.07, 6.45) is 2.25. The Labute approximate surface area is 122 Å². The van der Waals surface area contributed by atoms with E-state index in [0.717, 1.165) is 30.4 Å². The Morgan fingerprint density at radius 2 is 2.00 bits per heavy atom. The second kappa shape index (κ2) is 6.79. The van der Waals surface area contributed by atoms with E-state index < -0.39 is 11.9 Å². The van der Waals surface area contributed by atoms with Crippen LogP contribution in [0.3, 0.4) is 0 Å². The first-order valence-electron chi connectivity index (χ1n) is 7.36. The van der Waals surface area contributed by atoms with E-state index in [-0.39, 0.29) is 24.8 Å². The molecule has 120 valence electrons. The average Bonchev–Trinajstić information content (AvgIpc) is 2.80. The Balaban J connectivity index is 2.17. The van der Waals surface area contributed by atoms with Crippen LogP contribution in [0.25, 0.3) is 0 Å². The topological polar surface area (TPSA) is 41.3 Å². The van der Waals surface area contributed by atoms with E-state index in [4.69, 9.17) is 0 Å². The van der Waals surface area contributed by atoms with Gasteiger partial charge in [0.15, 0.2) is 0 Å². The highest BCUT2D eigenvalue weighted by molar-refractivity contribution is 5.20. The average molecular weight is 305 g/mol. The Bertz CT molecular complexity index is 453. The standard InChI is InChI=1S/C14H22F3N3O/c1-19-13(14(15,16)17)11(9-18-19)10-20(7-8-21)12-5-3-2-4-6-12/h9,12,21H,2-8,10H2,1H3. The quantitative estimate of drug-likeness (QED) is 0.909. The van der Waals surface area contributed by atoms with Crippen LogP contribution in [0.15, 0.2) is 6.20 Å². The van der Waals surface area contributed by atoms with Gasteiger partial charge in [0.2, 0.25) is 0 Å². The molecular formula is C14H22F3N3O. The summed E-state index contributed by atoms with van der Waals surface area (Å²) in [4.78, 5) is 1.96. The molecule has 0 aliphatic heterocycles. The highest BCUT2D eigenvalue weighted by Gasteiger charge is 2.38. The summed E-state index contributed by atoms with van der Waals surface area (Å²) < 4.78 is 40.2. The molecule has 1 aliphatic rings. The Hall–Kier alpha value is -1.08. The molecule has 1 saturated carbocycles. The molecule has 7 heteroatoms. The smallest absolute Gasteiger partial charge is 0.395 e. The summed E-state index contributed by atoms with van der Waals surface area (Å²) in [6.45, 7) is 0.545.